The Balaban J connectivity index is 1.89. The van der Waals surface area contributed by atoms with E-state index in [-0.39, 0.29) is 21.3 Å². The number of methoxy groups -OCH3 is 1. The molecule has 1 atom stereocenters. The quantitative estimate of drug-likeness (QED) is 0.153. The van der Waals surface area contributed by atoms with Crippen molar-refractivity contribution in [3.63, 3.8) is 0 Å². The van der Waals surface area contributed by atoms with E-state index >= 15 is 0 Å². The van der Waals surface area contributed by atoms with E-state index in [1.165, 1.54) is 12.0 Å². The summed E-state index contributed by atoms with van der Waals surface area (Å²) >= 11 is 0.957. The van der Waals surface area contributed by atoms with Crippen LogP contribution in [0, 0.1) is 20.8 Å². The Morgan fingerprint density at radius 1 is 1.16 bits per heavy atom. The zero-order chi connectivity index (χ0) is 26.9. The van der Waals surface area contributed by atoms with Gasteiger partial charge in [0.25, 0.3) is 5.78 Å². The molecule has 1 amide bonds. The first kappa shape index (κ1) is 25.8. The lowest BCUT2D eigenvalue weighted by Gasteiger charge is -2.23. The maximum absolute atomic E-state index is 13.4. The number of aryl methyl sites for hydroxylation is 3. The molecule has 1 aromatic heterocycles. The van der Waals surface area contributed by atoms with Gasteiger partial charge in [-0.3, -0.25) is 14.5 Å². The number of thiazole rings is 1. The number of carbonyl (C=O) groups excluding carboxylic acids is 3. The Hall–Kier alpha value is -4.24. The van der Waals surface area contributed by atoms with Gasteiger partial charge in [-0.2, -0.15) is 0 Å². The number of hydrogen-bond donors (Lipinski definition) is 1. The van der Waals surface area contributed by atoms with Crippen LogP contribution >= 0.6 is 11.3 Å². The Kier molecular flexibility index (Phi) is 7.26. The van der Waals surface area contributed by atoms with E-state index in [0.29, 0.717) is 34.7 Å². The number of Topliss-reactive ketones (excluding diaryl/α,β-unsaturated/α-hetero) is 1. The predicted octanol–water partition coefficient (Wildman–Crippen LogP) is 5.05. The molecule has 1 fully saturated rings. The van der Waals surface area contributed by atoms with Gasteiger partial charge in [0.1, 0.15) is 23.0 Å². The fourth-order valence-electron chi connectivity index (χ4n) is 4.15. The maximum Gasteiger partial charge on any atom is 0.350 e. The summed E-state index contributed by atoms with van der Waals surface area (Å²) in [5, 5.41) is 11.6. The zero-order valence-corrected chi connectivity index (χ0v) is 21.7. The number of aliphatic hydroxyl groups is 1. The van der Waals surface area contributed by atoms with Crippen LogP contribution < -0.4 is 9.64 Å². The number of ketones is 1. The summed E-state index contributed by atoms with van der Waals surface area (Å²) in [7, 11) is 1.26. The summed E-state index contributed by atoms with van der Waals surface area (Å²) in [4.78, 5) is 44.8. The van der Waals surface area contributed by atoms with E-state index < -0.39 is 23.7 Å². The molecule has 9 heteroatoms. The van der Waals surface area contributed by atoms with Crippen LogP contribution in [0.25, 0.3) is 5.76 Å². The average Bonchev–Trinajstić information content (AvgIpc) is 3.39. The highest BCUT2D eigenvalue weighted by atomic mass is 32.1. The van der Waals surface area contributed by atoms with E-state index in [0.717, 1.165) is 16.9 Å². The first-order valence-electron chi connectivity index (χ1n) is 11.5. The molecule has 0 aliphatic carbocycles. The van der Waals surface area contributed by atoms with Crippen LogP contribution in [0.15, 0.2) is 60.7 Å². The molecule has 1 unspecified atom stereocenters. The molecule has 1 aliphatic heterocycles. The van der Waals surface area contributed by atoms with Crippen LogP contribution in [0.1, 0.15) is 43.7 Å². The number of benzene rings is 2. The van der Waals surface area contributed by atoms with E-state index in [1.807, 2.05) is 19.1 Å². The molecule has 0 saturated carbocycles. The van der Waals surface area contributed by atoms with Crippen molar-refractivity contribution in [2.45, 2.75) is 26.8 Å². The van der Waals surface area contributed by atoms with E-state index in [9.17, 15) is 19.5 Å². The van der Waals surface area contributed by atoms with Gasteiger partial charge in [-0.05, 0) is 50.1 Å². The summed E-state index contributed by atoms with van der Waals surface area (Å²) < 4.78 is 10.4. The molecule has 4 rings (SSSR count). The van der Waals surface area contributed by atoms with Gasteiger partial charge in [-0.1, -0.05) is 53.8 Å². The smallest absolute Gasteiger partial charge is 0.350 e. The lowest BCUT2D eigenvalue weighted by molar-refractivity contribution is -0.132. The second-order valence-electron chi connectivity index (χ2n) is 8.56. The molecule has 37 heavy (non-hydrogen) atoms. The average molecular weight is 519 g/mol. The molecular weight excluding hydrogens is 492 g/mol. The fraction of sp³-hybridized carbons (Fsp3) is 0.214. The standard InChI is InChI=1S/C28H26N2O6S/c1-6-13-36-19-11-12-20(16(3)14-19)23(31)21-22(18-9-7-15(2)8-10-18)30(26(33)24(21)32)28-29-17(4)25(37-28)27(34)35-5/h6-12,14,22,31H,1,13H2,2-5H3/b23-21-. The lowest BCUT2D eigenvalue weighted by Crippen LogP contribution is -2.29. The number of anilines is 1. The maximum atomic E-state index is 13.4. The number of aliphatic hydroxyl groups excluding tert-OH is 1. The van der Waals surface area contributed by atoms with Crippen LogP contribution in [0.3, 0.4) is 0 Å². The van der Waals surface area contributed by atoms with Gasteiger partial charge in [0, 0.05) is 5.56 Å². The Morgan fingerprint density at radius 3 is 2.49 bits per heavy atom. The van der Waals surface area contributed by atoms with E-state index in [4.69, 9.17) is 9.47 Å². The van der Waals surface area contributed by atoms with E-state index in [1.54, 1.807) is 50.3 Å². The second kappa shape index (κ2) is 10.4. The first-order valence-corrected chi connectivity index (χ1v) is 12.3. The molecule has 1 N–H and O–H groups in total. The minimum Gasteiger partial charge on any atom is -0.507 e. The number of aromatic nitrogens is 1. The van der Waals surface area contributed by atoms with Gasteiger partial charge in [-0.15, -0.1) is 0 Å². The SMILES string of the molecule is C=CCOc1ccc(/C(O)=C2/C(=O)C(=O)N(c3nc(C)c(C(=O)OC)s3)C2c2ccc(C)cc2)c(C)c1. The molecular formula is C28H26N2O6S. The molecule has 8 nitrogen and oxygen atoms in total. The second-order valence-corrected chi connectivity index (χ2v) is 9.54. The summed E-state index contributed by atoms with van der Waals surface area (Å²) in [6.07, 6.45) is 1.62. The number of esters is 1. The monoisotopic (exact) mass is 518 g/mol. The number of amides is 1. The van der Waals surface area contributed by atoms with Gasteiger partial charge in [0.2, 0.25) is 0 Å². The number of hydrogen-bond acceptors (Lipinski definition) is 8. The Labute approximate surface area is 218 Å². The van der Waals surface area contributed by atoms with Gasteiger partial charge < -0.3 is 14.6 Å². The summed E-state index contributed by atoms with van der Waals surface area (Å²) in [5.74, 6) is -2.00. The van der Waals surface area contributed by atoms with Crippen LogP contribution in [-0.2, 0) is 14.3 Å². The van der Waals surface area contributed by atoms with Gasteiger partial charge in [0.15, 0.2) is 5.13 Å². The number of ether oxygens (including phenoxy) is 2. The number of carbonyl (C=O) groups is 3. The molecule has 0 spiro atoms. The molecule has 1 saturated heterocycles. The topological polar surface area (TPSA) is 106 Å². The normalized spacial score (nSPS) is 16.6. The minimum absolute atomic E-state index is 0.0656. The zero-order valence-electron chi connectivity index (χ0n) is 20.9. The highest BCUT2D eigenvalue weighted by Gasteiger charge is 2.48. The third-order valence-electron chi connectivity index (χ3n) is 6.02. The molecule has 2 heterocycles. The van der Waals surface area contributed by atoms with Crippen LogP contribution in [0.5, 0.6) is 5.75 Å². The highest BCUT2D eigenvalue weighted by Crippen LogP contribution is 2.44. The number of nitrogens with zero attached hydrogens (tertiary/aromatic N) is 2. The molecule has 1 aliphatic rings. The van der Waals surface area contributed by atoms with Crippen molar-refractivity contribution >= 4 is 39.9 Å². The first-order chi connectivity index (χ1) is 17.7. The Bertz CT molecular complexity index is 1440. The fourth-order valence-corrected chi connectivity index (χ4v) is 5.16. The largest absolute Gasteiger partial charge is 0.507 e. The predicted molar refractivity (Wildman–Crippen MR) is 141 cm³/mol. The van der Waals surface area contributed by atoms with Crippen molar-refractivity contribution in [2.24, 2.45) is 0 Å². The van der Waals surface area contributed by atoms with Crippen molar-refractivity contribution in [2.75, 3.05) is 18.6 Å². The molecule has 2 aromatic carbocycles. The molecule has 3 aromatic rings. The molecule has 0 radical (unpaired) electrons. The third kappa shape index (κ3) is 4.77. The number of rotatable bonds is 7. The van der Waals surface area contributed by atoms with Crippen molar-refractivity contribution in [1.29, 1.82) is 0 Å². The molecule has 0 bridgehead atoms. The van der Waals surface area contributed by atoms with Crippen molar-refractivity contribution in [3.05, 3.63) is 93.5 Å². The summed E-state index contributed by atoms with van der Waals surface area (Å²) in [5.41, 5.74) is 2.97. The van der Waals surface area contributed by atoms with Crippen LogP contribution in [0.2, 0.25) is 0 Å². The summed E-state index contributed by atoms with van der Waals surface area (Å²) in [6, 6.07) is 11.4. The minimum atomic E-state index is -0.951. The van der Waals surface area contributed by atoms with Gasteiger partial charge in [0.05, 0.1) is 24.4 Å². The Morgan fingerprint density at radius 2 is 1.86 bits per heavy atom. The lowest BCUT2D eigenvalue weighted by atomic mass is 9.93. The van der Waals surface area contributed by atoms with Crippen LogP contribution in [-0.4, -0.2) is 41.5 Å². The van der Waals surface area contributed by atoms with Crippen molar-refractivity contribution < 1.29 is 29.0 Å². The van der Waals surface area contributed by atoms with Gasteiger partial charge in [-0.25, -0.2) is 9.78 Å². The van der Waals surface area contributed by atoms with Crippen molar-refractivity contribution in [3.8, 4) is 5.75 Å². The van der Waals surface area contributed by atoms with Crippen LogP contribution in [0.4, 0.5) is 5.13 Å². The van der Waals surface area contributed by atoms with Crippen molar-refractivity contribution in [1.82, 2.24) is 4.98 Å². The highest BCUT2D eigenvalue weighted by molar-refractivity contribution is 7.17. The molecule has 190 valence electrons. The van der Waals surface area contributed by atoms with E-state index in [2.05, 4.69) is 11.6 Å². The third-order valence-corrected chi connectivity index (χ3v) is 7.16. The summed E-state index contributed by atoms with van der Waals surface area (Å²) in [6.45, 7) is 9.28. The van der Waals surface area contributed by atoms with Gasteiger partial charge >= 0.3 is 11.9 Å².